The Morgan fingerprint density at radius 2 is 1.11 bits per heavy atom. The highest BCUT2D eigenvalue weighted by Gasteiger charge is 2.27. The minimum Gasteiger partial charge on any atom is -0.254 e. The summed E-state index contributed by atoms with van der Waals surface area (Å²) in [5.41, 5.74) is 0. The molecular formula is C8H20S. The van der Waals surface area contributed by atoms with Crippen molar-refractivity contribution in [1.29, 1.82) is 0 Å². The van der Waals surface area contributed by atoms with Crippen molar-refractivity contribution in [2.24, 2.45) is 0 Å². The number of hydrogen-bond acceptors (Lipinski definition) is 0. The van der Waals surface area contributed by atoms with Crippen molar-refractivity contribution in [3.05, 3.63) is 0 Å². The van der Waals surface area contributed by atoms with Crippen molar-refractivity contribution in [2.75, 3.05) is 18.8 Å². The summed E-state index contributed by atoms with van der Waals surface area (Å²) in [6, 6.07) is 0. The summed E-state index contributed by atoms with van der Waals surface area (Å²) in [4.78, 5) is 0. The first-order valence-electron chi connectivity index (χ1n) is 3.22. The van der Waals surface area contributed by atoms with Gasteiger partial charge in [0.2, 0.25) is 0 Å². The Labute approximate surface area is 59.5 Å². The van der Waals surface area contributed by atoms with Gasteiger partial charge in [0.25, 0.3) is 0 Å². The van der Waals surface area contributed by atoms with Gasteiger partial charge in [-0.1, -0.05) is 26.6 Å². The van der Waals surface area contributed by atoms with Gasteiger partial charge < -0.3 is 0 Å². The molecule has 0 nitrogen and oxygen atoms in total. The Kier molecular flexibility index (Phi) is 1.67. The van der Waals surface area contributed by atoms with Gasteiger partial charge >= 0.3 is 0 Å². The fourth-order valence-electron chi connectivity index (χ4n) is 0. The summed E-state index contributed by atoms with van der Waals surface area (Å²) in [5, 5.41) is 0. The van der Waals surface area contributed by atoms with E-state index < -0.39 is 8.75 Å². The van der Waals surface area contributed by atoms with Crippen LogP contribution in [0.2, 0.25) is 0 Å². The van der Waals surface area contributed by atoms with Gasteiger partial charge in [-0.3, -0.25) is 8.75 Å². The van der Waals surface area contributed by atoms with Crippen LogP contribution < -0.4 is 0 Å². The lowest BCUT2D eigenvalue weighted by molar-refractivity contribution is 0.789. The second-order valence-electron chi connectivity index (χ2n) is 4.96. The summed E-state index contributed by atoms with van der Waals surface area (Å²) in [6.07, 6.45) is 6.87. The van der Waals surface area contributed by atoms with Crippen molar-refractivity contribution in [3.8, 4) is 0 Å². The topological polar surface area (TPSA) is 0 Å². The van der Waals surface area contributed by atoms with Crippen molar-refractivity contribution in [3.63, 3.8) is 0 Å². The van der Waals surface area contributed by atoms with Crippen LogP contribution in [0.5, 0.6) is 0 Å². The number of rotatable bonds is 0. The summed E-state index contributed by atoms with van der Waals surface area (Å²) in [6.45, 7) is 6.80. The van der Waals surface area contributed by atoms with E-state index in [0.717, 1.165) is 0 Å². The quantitative estimate of drug-likeness (QED) is 0.463. The monoisotopic (exact) mass is 148 g/mol. The van der Waals surface area contributed by atoms with Gasteiger partial charge in [-0.25, -0.2) is 0 Å². The predicted molar refractivity (Wildman–Crippen MR) is 52.2 cm³/mol. The number of hydrogen-bond donors (Lipinski definition) is 0. The molecule has 0 N–H and O–H groups in total. The van der Waals surface area contributed by atoms with E-state index in [4.69, 9.17) is 0 Å². The van der Waals surface area contributed by atoms with E-state index in [1.165, 1.54) is 0 Å². The molecule has 0 amide bonds. The molecule has 0 saturated heterocycles. The first-order chi connectivity index (χ1) is 3.51. The van der Waals surface area contributed by atoms with Gasteiger partial charge in [0.15, 0.2) is 0 Å². The van der Waals surface area contributed by atoms with E-state index in [9.17, 15) is 0 Å². The van der Waals surface area contributed by atoms with Crippen molar-refractivity contribution < 1.29 is 0 Å². The molecule has 9 heavy (non-hydrogen) atoms. The standard InChI is InChI=1S/C8H20S/c1-8(2,3)9(4,5,6)7/h4H2,1-3,5-7H3. The van der Waals surface area contributed by atoms with E-state index in [2.05, 4.69) is 45.4 Å². The summed E-state index contributed by atoms with van der Waals surface area (Å²) < 4.78 is 0.372. The smallest absolute Gasteiger partial charge is 0.0122 e. The zero-order chi connectivity index (χ0) is 7.95. The molecular weight excluding hydrogens is 128 g/mol. The Balaban J connectivity index is 4.80. The molecule has 0 aromatic carbocycles. The third-order valence-corrected chi connectivity index (χ3v) is 6.81. The maximum atomic E-state index is 4.28. The molecule has 0 aromatic rings. The van der Waals surface area contributed by atoms with Crippen LogP contribution >= 0.6 is 8.75 Å². The molecule has 0 fully saturated rings. The highest BCUT2D eigenvalue weighted by Crippen LogP contribution is 2.57. The van der Waals surface area contributed by atoms with Crippen LogP contribution in [0.1, 0.15) is 20.8 Å². The van der Waals surface area contributed by atoms with Crippen LogP contribution in [0, 0.1) is 0 Å². The lowest BCUT2D eigenvalue weighted by Gasteiger charge is -2.49. The van der Waals surface area contributed by atoms with E-state index >= 15 is 0 Å². The zero-order valence-corrected chi connectivity index (χ0v) is 8.43. The van der Waals surface area contributed by atoms with Gasteiger partial charge in [-0.2, -0.15) is 0 Å². The highest BCUT2D eigenvalue weighted by atomic mass is 32.3. The molecule has 58 valence electrons. The average molecular weight is 148 g/mol. The minimum atomic E-state index is -1.33. The molecule has 0 radical (unpaired) electrons. The molecule has 1 heteroatoms. The first-order valence-corrected chi connectivity index (χ1v) is 6.65. The largest absolute Gasteiger partial charge is 0.254 e. The first kappa shape index (κ1) is 9.22. The SMILES string of the molecule is C=S(C)(C)(C)C(C)(C)C. The predicted octanol–water partition coefficient (Wildman–Crippen LogP) is 2.45. The van der Waals surface area contributed by atoms with Gasteiger partial charge in [0, 0.05) is 0 Å². The van der Waals surface area contributed by atoms with Crippen LogP contribution in [-0.4, -0.2) is 29.4 Å². The van der Waals surface area contributed by atoms with Gasteiger partial charge in [0.05, 0.1) is 0 Å². The third-order valence-electron chi connectivity index (χ3n) is 2.27. The maximum absolute atomic E-state index is 4.28. The Hall–Kier alpha value is 0.220. The van der Waals surface area contributed by atoms with E-state index in [1.54, 1.807) is 0 Å². The Morgan fingerprint density at radius 3 is 1.11 bits per heavy atom. The molecule has 0 aromatic heterocycles. The van der Waals surface area contributed by atoms with Gasteiger partial charge in [-0.15, -0.1) is 0 Å². The second kappa shape index (κ2) is 1.63. The van der Waals surface area contributed by atoms with Crippen LogP contribution in [0.15, 0.2) is 0 Å². The molecule has 0 aliphatic heterocycles. The van der Waals surface area contributed by atoms with Crippen LogP contribution in [0.4, 0.5) is 0 Å². The molecule has 0 atom stereocenters. The average Bonchev–Trinajstić information content (AvgIpc) is 1.20. The van der Waals surface area contributed by atoms with E-state index in [1.807, 2.05) is 0 Å². The molecule has 0 rings (SSSR count). The normalized spacial score (nSPS) is 18.7. The lowest BCUT2D eigenvalue weighted by atomic mass is 10.3. The molecule has 0 saturated carbocycles. The van der Waals surface area contributed by atoms with E-state index in [-0.39, 0.29) is 0 Å². The molecule has 0 bridgehead atoms. The summed E-state index contributed by atoms with van der Waals surface area (Å²) in [7, 11) is -1.33. The van der Waals surface area contributed by atoms with Crippen molar-refractivity contribution >= 4 is 14.6 Å². The van der Waals surface area contributed by atoms with Gasteiger partial charge in [0.1, 0.15) is 0 Å². The lowest BCUT2D eigenvalue weighted by Crippen LogP contribution is -2.27. The zero-order valence-electron chi connectivity index (χ0n) is 7.62. The van der Waals surface area contributed by atoms with Crippen molar-refractivity contribution in [1.82, 2.24) is 0 Å². The van der Waals surface area contributed by atoms with Crippen LogP contribution in [0.25, 0.3) is 0 Å². The van der Waals surface area contributed by atoms with Gasteiger partial charge in [-0.05, 0) is 23.5 Å². The minimum absolute atomic E-state index is 0.372. The molecule has 0 heterocycles. The fourth-order valence-corrected chi connectivity index (χ4v) is 0. The fraction of sp³-hybridized carbons (Fsp3) is 0.875. The molecule has 0 unspecified atom stereocenters. The maximum Gasteiger partial charge on any atom is -0.0122 e. The highest BCUT2D eigenvalue weighted by molar-refractivity contribution is 8.45. The molecule has 0 aliphatic carbocycles. The Bertz CT molecular complexity index is 152. The van der Waals surface area contributed by atoms with Crippen molar-refractivity contribution in [2.45, 2.75) is 25.5 Å². The molecule has 0 aliphatic rings. The summed E-state index contributed by atoms with van der Waals surface area (Å²) in [5.74, 6) is 4.28. The second-order valence-corrected chi connectivity index (χ2v) is 11.9. The Morgan fingerprint density at radius 1 is 1.00 bits per heavy atom. The van der Waals surface area contributed by atoms with E-state index in [0.29, 0.717) is 4.75 Å². The summed E-state index contributed by atoms with van der Waals surface area (Å²) >= 11 is 0. The third kappa shape index (κ3) is 2.13. The van der Waals surface area contributed by atoms with Crippen LogP contribution in [0.3, 0.4) is 0 Å². The molecule has 0 spiro atoms. The van der Waals surface area contributed by atoms with Crippen LogP contribution in [-0.2, 0) is 0 Å².